The summed E-state index contributed by atoms with van der Waals surface area (Å²) in [6.45, 7) is 4.87. The van der Waals surface area contributed by atoms with Gasteiger partial charge >= 0.3 is 0 Å². The second-order valence-corrected chi connectivity index (χ2v) is 4.25. The minimum atomic E-state index is -0.587. The van der Waals surface area contributed by atoms with E-state index in [2.05, 4.69) is 10.3 Å². The largest absolute Gasteiger partial charge is 0.389 e. The van der Waals surface area contributed by atoms with Gasteiger partial charge in [0.1, 0.15) is 11.9 Å². The number of piperazine rings is 1. The highest BCUT2D eigenvalue weighted by molar-refractivity contribution is 5.86. The Labute approximate surface area is 100 Å². The molecule has 17 heavy (non-hydrogen) atoms. The molecule has 2 N–H and O–H groups in total. The summed E-state index contributed by atoms with van der Waals surface area (Å²) in [5, 5.41) is 12.5. The van der Waals surface area contributed by atoms with Crippen LogP contribution in [0.3, 0.4) is 0 Å². The highest BCUT2D eigenvalue weighted by atomic mass is 16.3. The average Bonchev–Trinajstić information content (AvgIpc) is 2.33. The molecule has 0 bridgehead atoms. The van der Waals surface area contributed by atoms with Gasteiger partial charge in [-0.3, -0.25) is 4.79 Å². The summed E-state index contributed by atoms with van der Waals surface area (Å²) in [7, 11) is 0. The number of hydrogen-bond donors (Lipinski definition) is 2. The van der Waals surface area contributed by atoms with Crippen molar-refractivity contribution < 1.29 is 9.90 Å². The van der Waals surface area contributed by atoms with Crippen LogP contribution in [0.1, 0.15) is 25.5 Å². The van der Waals surface area contributed by atoms with Gasteiger partial charge in [0.2, 0.25) is 5.91 Å². The minimum absolute atomic E-state index is 0.00144. The smallest absolute Gasteiger partial charge is 0.242 e. The van der Waals surface area contributed by atoms with E-state index < -0.39 is 6.10 Å². The van der Waals surface area contributed by atoms with Crippen LogP contribution in [0.2, 0.25) is 0 Å². The number of carbonyl (C=O) groups excluding carboxylic acids is 1. The van der Waals surface area contributed by atoms with Crippen molar-refractivity contribution in [2.24, 2.45) is 0 Å². The number of hydrogen-bond acceptors (Lipinski definition) is 4. The molecular weight excluding hydrogens is 218 g/mol. The van der Waals surface area contributed by atoms with E-state index in [-0.39, 0.29) is 11.9 Å². The van der Waals surface area contributed by atoms with Crippen LogP contribution < -0.4 is 10.2 Å². The lowest BCUT2D eigenvalue weighted by Crippen LogP contribution is -2.54. The van der Waals surface area contributed by atoms with E-state index in [0.717, 1.165) is 5.56 Å². The molecule has 2 rings (SSSR count). The summed E-state index contributed by atoms with van der Waals surface area (Å²) in [6, 6.07) is 3.38. The van der Waals surface area contributed by atoms with Crippen LogP contribution in [0.15, 0.2) is 18.3 Å². The quantitative estimate of drug-likeness (QED) is 0.781. The summed E-state index contributed by atoms with van der Waals surface area (Å²) in [4.78, 5) is 17.8. The zero-order valence-corrected chi connectivity index (χ0v) is 10.1. The molecule has 2 heterocycles. The van der Waals surface area contributed by atoms with E-state index in [1.165, 1.54) is 0 Å². The van der Waals surface area contributed by atoms with E-state index in [4.69, 9.17) is 0 Å². The standard InChI is InChI=1S/C12H17N3O2/c1-8-12(17)14-6-7-15(8)11-10(9(2)16)4-3-5-13-11/h3-5,8-9,16H,6-7H2,1-2H3,(H,14,17). The number of anilines is 1. The van der Waals surface area contributed by atoms with Crippen LogP contribution >= 0.6 is 0 Å². The van der Waals surface area contributed by atoms with Crippen molar-refractivity contribution in [1.82, 2.24) is 10.3 Å². The van der Waals surface area contributed by atoms with Gasteiger partial charge in [-0.1, -0.05) is 6.07 Å². The molecule has 5 nitrogen and oxygen atoms in total. The van der Waals surface area contributed by atoms with Crippen LogP contribution in [-0.2, 0) is 4.79 Å². The van der Waals surface area contributed by atoms with Crippen molar-refractivity contribution in [2.75, 3.05) is 18.0 Å². The normalized spacial score (nSPS) is 22.2. The van der Waals surface area contributed by atoms with Gasteiger partial charge in [0, 0.05) is 24.8 Å². The highest BCUT2D eigenvalue weighted by Gasteiger charge is 2.28. The summed E-state index contributed by atoms with van der Waals surface area (Å²) >= 11 is 0. The second kappa shape index (κ2) is 4.71. The average molecular weight is 235 g/mol. The maximum Gasteiger partial charge on any atom is 0.242 e. The Kier molecular flexibility index (Phi) is 3.28. The van der Waals surface area contributed by atoms with Gasteiger partial charge in [-0.05, 0) is 19.9 Å². The van der Waals surface area contributed by atoms with Crippen molar-refractivity contribution >= 4 is 11.7 Å². The molecule has 1 aliphatic heterocycles. The third kappa shape index (κ3) is 2.24. The summed E-state index contributed by atoms with van der Waals surface area (Å²) in [6.07, 6.45) is 1.09. The zero-order valence-electron chi connectivity index (χ0n) is 10.1. The number of aliphatic hydroxyl groups is 1. The molecule has 0 spiro atoms. The lowest BCUT2D eigenvalue weighted by Gasteiger charge is -2.35. The number of carbonyl (C=O) groups is 1. The highest BCUT2D eigenvalue weighted by Crippen LogP contribution is 2.25. The first-order valence-corrected chi connectivity index (χ1v) is 5.78. The third-order valence-electron chi connectivity index (χ3n) is 3.04. The molecule has 1 aromatic rings. The first-order chi connectivity index (χ1) is 8.11. The number of aromatic nitrogens is 1. The molecule has 1 amide bonds. The van der Waals surface area contributed by atoms with Crippen molar-refractivity contribution in [2.45, 2.75) is 26.0 Å². The summed E-state index contributed by atoms with van der Waals surface area (Å²) in [5.74, 6) is 0.697. The Hall–Kier alpha value is -1.62. The van der Waals surface area contributed by atoms with Crippen LogP contribution in [0, 0.1) is 0 Å². The van der Waals surface area contributed by atoms with Crippen molar-refractivity contribution in [3.63, 3.8) is 0 Å². The van der Waals surface area contributed by atoms with Gasteiger partial charge < -0.3 is 15.3 Å². The number of nitrogens with zero attached hydrogens (tertiary/aromatic N) is 2. The van der Waals surface area contributed by atoms with Crippen molar-refractivity contribution in [3.05, 3.63) is 23.9 Å². The molecule has 1 aliphatic rings. The van der Waals surface area contributed by atoms with Gasteiger partial charge in [-0.15, -0.1) is 0 Å². The molecule has 1 aromatic heterocycles. The van der Waals surface area contributed by atoms with E-state index in [9.17, 15) is 9.90 Å². The molecule has 0 saturated carbocycles. The van der Waals surface area contributed by atoms with Crippen LogP contribution in [0.4, 0.5) is 5.82 Å². The SMILES string of the molecule is CC(O)c1cccnc1N1CCNC(=O)C1C. The van der Waals surface area contributed by atoms with Crippen molar-refractivity contribution in [1.29, 1.82) is 0 Å². The number of aliphatic hydroxyl groups excluding tert-OH is 1. The van der Waals surface area contributed by atoms with Gasteiger partial charge in [0.05, 0.1) is 6.10 Å². The Morgan fingerprint density at radius 3 is 3.12 bits per heavy atom. The van der Waals surface area contributed by atoms with Crippen molar-refractivity contribution in [3.8, 4) is 0 Å². The van der Waals surface area contributed by atoms with Crippen LogP contribution in [0.5, 0.6) is 0 Å². The molecule has 0 radical (unpaired) electrons. The fourth-order valence-corrected chi connectivity index (χ4v) is 2.05. The van der Waals surface area contributed by atoms with E-state index in [1.807, 2.05) is 17.9 Å². The molecule has 1 fully saturated rings. The van der Waals surface area contributed by atoms with E-state index >= 15 is 0 Å². The van der Waals surface area contributed by atoms with Crippen LogP contribution in [-0.4, -0.2) is 35.1 Å². The summed E-state index contributed by atoms with van der Waals surface area (Å²) in [5.41, 5.74) is 0.758. The van der Waals surface area contributed by atoms with Crippen LogP contribution in [0.25, 0.3) is 0 Å². The van der Waals surface area contributed by atoms with E-state index in [0.29, 0.717) is 18.9 Å². The molecule has 1 saturated heterocycles. The zero-order chi connectivity index (χ0) is 12.4. The summed E-state index contributed by atoms with van der Waals surface area (Å²) < 4.78 is 0. The maximum atomic E-state index is 11.6. The van der Waals surface area contributed by atoms with E-state index in [1.54, 1.807) is 19.2 Å². The predicted molar refractivity (Wildman–Crippen MR) is 64.7 cm³/mol. The molecule has 2 unspecified atom stereocenters. The topological polar surface area (TPSA) is 65.5 Å². The molecule has 0 aromatic carbocycles. The molecule has 0 aliphatic carbocycles. The molecular formula is C12H17N3O2. The Morgan fingerprint density at radius 2 is 2.41 bits per heavy atom. The lowest BCUT2D eigenvalue weighted by molar-refractivity contribution is -0.122. The first-order valence-electron chi connectivity index (χ1n) is 5.78. The Balaban J connectivity index is 2.36. The molecule has 92 valence electrons. The van der Waals surface area contributed by atoms with Gasteiger partial charge in [-0.2, -0.15) is 0 Å². The molecule has 5 heteroatoms. The maximum absolute atomic E-state index is 11.6. The number of nitrogens with one attached hydrogen (secondary N) is 1. The predicted octanol–water partition coefficient (Wildman–Crippen LogP) is 0.460. The second-order valence-electron chi connectivity index (χ2n) is 4.25. The number of amides is 1. The van der Waals surface area contributed by atoms with Gasteiger partial charge in [-0.25, -0.2) is 4.98 Å². The fraction of sp³-hybridized carbons (Fsp3) is 0.500. The number of pyridine rings is 1. The first kappa shape index (κ1) is 11.9. The monoisotopic (exact) mass is 235 g/mol. The number of rotatable bonds is 2. The molecule has 2 atom stereocenters. The third-order valence-corrected chi connectivity index (χ3v) is 3.04. The Bertz CT molecular complexity index is 420. The minimum Gasteiger partial charge on any atom is -0.389 e. The lowest BCUT2D eigenvalue weighted by atomic mass is 10.1. The fourth-order valence-electron chi connectivity index (χ4n) is 2.05. The van der Waals surface area contributed by atoms with Gasteiger partial charge in [0.25, 0.3) is 0 Å². The Morgan fingerprint density at radius 1 is 1.65 bits per heavy atom. The van der Waals surface area contributed by atoms with Gasteiger partial charge in [0.15, 0.2) is 0 Å².